The van der Waals surface area contributed by atoms with Gasteiger partial charge in [-0.3, -0.25) is 0 Å². The summed E-state index contributed by atoms with van der Waals surface area (Å²) >= 11 is 0. The fourth-order valence-electron chi connectivity index (χ4n) is 2.72. The molecule has 1 heterocycles. The van der Waals surface area contributed by atoms with E-state index in [1.807, 2.05) is 50.2 Å². The highest BCUT2D eigenvalue weighted by Crippen LogP contribution is 2.25. The maximum atomic E-state index is 12.0. The van der Waals surface area contributed by atoms with Gasteiger partial charge in [0.25, 0.3) is 0 Å². The zero-order chi connectivity index (χ0) is 16.8. The van der Waals surface area contributed by atoms with Crippen molar-refractivity contribution in [1.29, 1.82) is 0 Å². The first-order valence-electron chi connectivity index (χ1n) is 7.91. The molecule has 0 radical (unpaired) electrons. The molecule has 0 amide bonds. The third-order valence-electron chi connectivity index (χ3n) is 3.70. The van der Waals surface area contributed by atoms with E-state index in [1.54, 1.807) is 0 Å². The SMILES string of the molecule is CC.COC(=O)c1cccc2c(C)cn(Cc3ccccc3)c12. The normalized spacial score (nSPS) is 10.1. The Morgan fingerprint density at radius 2 is 1.74 bits per heavy atom. The lowest BCUT2D eigenvalue weighted by atomic mass is 10.1. The number of fused-ring (bicyclic) bond motifs is 1. The number of nitrogens with zero attached hydrogens (tertiary/aromatic N) is 1. The van der Waals surface area contributed by atoms with Gasteiger partial charge in [-0.15, -0.1) is 0 Å². The molecule has 0 spiro atoms. The van der Waals surface area contributed by atoms with Crippen LogP contribution in [-0.2, 0) is 11.3 Å². The number of carbonyl (C=O) groups excluding carboxylic acids is 1. The number of hydrogen-bond acceptors (Lipinski definition) is 2. The second-order valence-corrected chi connectivity index (χ2v) is 5.12. The molecule has 0 aliphatic heterocycles. The summed E-state index contributed by atoms with van der Waals surface area (Å²) in [5.74, 6) is -0.298. The molecule has 2 aromatic carbocycles. The Morgan fingerprint density at radius 1 is 1.04 bits per heavy atom. The Labute approximate surface area is 137 Å². The molecule has 23 heavy (non-hydrogen) atoms. The van der Waals surface area contributed by atoms with Crippen molar-refractivity contribution < 1.29 is 9.53 Å². The monoisotopic (exact) mass is 309 g/mol. The zero-order valence-corrected chi connectivity index (χ0v) is 14.2. The van der Waals surface area contributed by atoms with Crippen LogP contribution in [0.3, 0.4) is 0 Å². The molecule has 120 valence electrons. The highest BCUT2D eigenvalue weighted by Gasteiger charge is 2.15. The van der Waals surface area contributed by atoms with Gasteiger partial charge in [0, 0.05) is 18.1 Å². The minimum Gasteiger partial charge on any atom is -0.465 e. The molecule has 3 aromatic rings. The van der Waals surface area contributed by atoms with Crippen molar-refractivity contribution in [2.45, 2.75) is 27.3 Å². The summed E-state index contributed by atoms with van der Waals surface area (Å²) < 4.78 is 7.02. The average Bonchev–Trinajstić information content (AvgIpc) is 2.93. The number of para-hydroxylation sites is 1. The van der Waals surface area contributed by atoms with Crippen molar-refractivity contribution in [2.24, 2.45) is 0 Å². The molecule has 0 bridgehead atoms. The van der Waals surface area contributed by atoms with E-state index in [2.05, 4.69) is 29.8 Å². The van der Waals surface area contributed by atoms with E-state index >= 15 is 0 Å². The molecule has 0 unspecified atom stereocenters. The first-order valence-corrected chi connectivity index (χ1v) is 7.91. The molecule has 1 aromatic heterocycles. The first kappa shape index (κ1) is 16.8. The van der Waals surface area contributed by atoms with Crippen molar-refractivity contribution in [1.82, 2.24) is 4.57 Å². The van der Waals surface area contributed by atoms with Gasteiger partial charge in [0.2, 0.25) is 0 Å². The third kappa shape index (κ3) is 3.45. The fourth-order valence-corrected chi connectivity index (χ4v) is 2.72. The lowest BCUT2D eigenvalue weighted by Gasteiger charge is -2.09. The average molecular weight is 309 g/mol. The molecule has 0 aliphatic carbocycles. The highest BCUT2D eigenvalue weighted by molar-refractivity contribution is 6.04. The molecule has 0 fully saturated rings. The number of aryl methyl sites for hydroxylation is 1. The van der Waals surface area contributed by atoms with E-state index in [1.165, 1.54) is 12.7 Å². The first-order chi connectivity index (χ1) is 11.2. The molecule has 0 atom stereocenters. The van der Waals surface area contributed by atoms with Gasteiger partial charge in [0.15, 0.2) is 0 Å². The van der Waals surface area contributed by atoms with Crippen LogP contribution in [0.4, 0.5) is 0 Å². The van der Waals surface area contributed by atoms with E-state index in [0.29, 0.717) is 5.56 Å². The van der Waals surface area contributed by atoms with Crippen LogP contribution in [0.1, 0.15) is 35.3 Å². The minimum absolute atomic E-state index is 0.298. The van der Waals surface area contributed by atoms with Crippen LogP contribution in [0, 0.1) is 6.92 Å². The number of methoxy groups -OCH3 is 1. The van der Waals surface area contributed by atoms with Gasteiger partial charge in [-0.25, -0.2) is 4.79 Å². The maximum absolute atomic E-state index is 12.0. The molecule has 0 N–H and O–H groups in total. The van der Waals surface area contributed by atoms with Crippen molar-refractivity contribution in [3.63, 3.8) is 0 Å². The standard InChI is InChI=1S/C18H17NO2.C2H6/c1-13-11-19(12-14-7-4-3-5-8-14)17-15(13)9-6-10-16(17)18(20)21-2;1-2/h3-11H,12H2,1-2H3;1-2H3. The number of ether oxygens (including phenoxy) is 1. The molecular weight excluding hydrogens is 286 g/mol. The van der Waals surface area contributed by atoms with Gasteiger partial charge < -0.3 is 9.30 Å². The topological polar surface area (TPSA) is 31.2 Å². The van der Waals surface area contributed by atoms with E-state index in [-0.39, 0.29) is 5.97 Å². The summed E-state index contributed by atoms with van der Waals surface area (Å²) in [7, 11) is 1.42. The molecule has 0 saturated carbocycles. The minimum atomic E-state index is -0.298. The van der Waals surface area contributed by atoms with Crippen LogP contribution < -0.4 is 0 Å². The maximum Gasteiger partial charge on any atom is 0.340 e. The fraction of sp³-hybridized carbons (Fsp3) is 0.250. The number of esters is 1. The number of benzene rings is 2. The largest absolute Gasteiger partial charge is 0.465 e. The lowest BCUT2D eigenvalue weighted by molar-refractivity contribution is 0.0602. The zero-order valence-electron chi connectivity index (χ0n) is 14.2. The predicted octanol–water partition coefficient (Wildman–Crippen LogP) is 4.81. The highest BCUT2D eigenvalue weighted by atomic mass is 16.5. The molecule has 0 aliphatic rings. The number of hydrogen-bond donors (Lipinski definition) is 0. The molecular formula is C20H23NO2. The van der Waals surface area contributed by atoms with E-state index in [0.717, 1.165) is 23.0 Å². The van der Waals surface area contributed by atoms with Crippen molar-refractivity contribution in [3.8, 4) is 0 Å². The van der Waals surface area contributed by atoms with Gasteiger partial charge in [-0.2, -0.15) is 0 Å². The third-order valence-corrected chi connectivity index (χ3v) is 3.70. The summed E-state index contributed by atoms with van der Waals surface area (Å²) in [6.07, 6.45) is 2.09. The second-order valence-electron chi connectivity index (χ2n) is 5.12. The number of carbonyl (C=O) groups is 1. The molecule has 0 saturated heterocycles. The molecule has 3 nitrogen and oxygen atoms in total. The Bertz CT molecular complexity index is 788. The van der Waals surface area contributed by atoms with Crippen LogP contribution in [0.15, 0.2) is 54.7 Å². The van der Waals surface area contributed by atoms with Crippen LogP contribution >= 0.6 is 0 Å². The van der Waals surface area contributed by atoms with Crippen LogP contribution in [0.5, 0.6) is 0 Å². The van der Waals surface area contributed by atoms with Gasteiger partial charge in [-0.05, 0) is 24.1 Å². The summed E-state index contributed by atoms with van der Waals surface area (Å²) in [5, 5.41) is 1.09. The van der Waals surface area contributed by atoms with Crippen molar-refractivity contribution >= 4 is 16.9 Å². The van der Waals surface area contributed by atoms with E-state index in [9.17, 15) is 4.79 Å². The van der Waals surface area contributed by atoms with Gasteiger partial charge in [0.05, 0.1) is 18.2 Å². The van der Waals surface area contributed by atoms with Gasteiger partial charge >= 0.3 is 5.97 Å². The summed E-state index contributed by atoms with van der Waals surface area (Å²) in [6.45, 7) is 6.80. The lowest BCUT2D eigenvalue weighted by Crippen LogP contribution is -2.06. The molecule has 3 heteroatoms. The summed E-state index contributed by atoms with van der Waals surface area (Å²) in [6, 6.07) is 16.0. The summed E-state index contributed by atoms with van der Waals surface area (Å²) in [4.78, 5) is 12.0. The Morgan fingerprint density at radius 3 is 2.39 bits per heavy atom. The Balaban J connectivity index is 0.000000924. The predicted molar refractivity (Wildman–Crippen MR) is 94.9 cm³/mol. The van der Waals surface area contributed by atoms with Crippen molar-refractivity contribution in [2.75, 3.05) is 7.11 Å². The number of rotatable bonds is 3. The Kier molecular flexibility index (Phi) is 5.58. The van der Waals surface area contributed by atoms with Gasteiger partial charge in [-0.1, -0.05) is 56.3 Å². The quantitative estimate of drug-likeness (QED) is 0.650. The summed E-state index contributed by atoms with van der Waals surface area (Å²) in [5.41, 5.74) is 3.91. The second kappa shape index (κ2) is 7.63. The smallest absolute Gasteiger partial charge is 0.340 e. The van der Waals surface area contributed by atoms with Gasteiger partial charge in [0.1, 0.15) is 0 Å². The van der Waals surface area contributed by atoms with Crippen molar-refractivity contribution in [3.05, 3.63) is 71.4 Å². The van der Waals surface area contributed by atoms with Crippen LogP contribution in [-0.4, -0.2) is 17.6 Å². The Hall–Kier alpha value is -2.55. The van der Waals surface area contributed by atoms with E-state index in [4.69, 9.17) is 4.74 Å². The van der Waals surface area contributed by atoms with Crippen LogP contribution in [0.2, 0.25) is 0 Å². The number of aromatic nitrogens is 1. The van der Waals surface area contributed by atoms with Crippen LogP contribution in [0.25, 0.3) is 10.9 Å². The van der Waals surface area contributed by atoms with E-state index < -0.39 is 0 Å². The molecule has 3 rings (SSSR count).